The van der Waals surface area contributed by atoms with Gasteiger partial charge in [-0.3, -0.25) is 55.2 Å². The van der Waals surface area contributed by atoms with E-state index in [1.807, 2.05) is 122 Å². The van der Waals surface area contributed by atoms with Crippen LogP contribution in [0.1, 0.15) is 153 Å². The van der Waals surface area contributed by atoms with Gasteiger partial charge in [0.25, 0.3) is 0 Å². The first-order chi connectivity index (χ1) is 71.1. The summed E-state index contributed by atoms with van der Waals surface area (Å²) in [6.45, 7) is 19.3. The van der Waals surface area contributed by atoms with Crippen molar-refractivity contribution >= 4 is 66.7 Å². The number of fused-ring (bicyclic) bond motifs is 5. The van der Waals surface area contributed by atoms with Gasteiger partial charge in [-0.1, -0.05) is 86.6 Å². The molecule has 10 aromatic carbocycles. The number of thiophene rings is 1. The number of piperidine rings is 4. The number of thioether (sulfide) groups is 1. The highest BCUT2D eigenvalue weighted by atomic mass is 32.2. The van der Waals surface area contributed by atoms with Crippen molar-refractivity contribution in [1.29, 1.82) is 0 Å². The average molecular weight is 1980 g/mol. The molecular weight excluding hydrogens is 1860 g/mol. The van der Waals surface area contributed by atoms with Crippen LogP contribution in [-0.2, 0) is 32.6 Å². The second-order valence-corrected chi connectivity index (χ2v) is 41.2. The molecular formula is C113H110F3N23O4S2. The number of rotatable bonds is 24. The summed E-state index contributed by atoms with van der Waals surface area (Å²) in [7, 11) is 0. The standard InChI is InChI=1S/C30H30F2N6S.C29H27N5O2.C28H30N6OS.C26H23FN6O/c1-18(2)39-22-11-8-19(9-12-22)28-23-15-20(10-13-27(23)34-35-28)29-33-30(37-36-29)21-5-4-14-38(16-21)17-24-25(31)6-3-7-26(24)32;1-2-5-19(6-3-1)17-34-13-4-7-23(18-34)29-33-32-28(36-29)22-8-10-25-24(16-22)27(31-30-25)21-9-11-26-20(15-21)12-14-35-26;1-18(2)35-22-10-7-19(8-11-22)26-24-15-20(9-12-25(24)30-31-26)27-29-28(33-32-27)21-5-3-13-34(16-21)17-23-6-4-14-36-23;27-22-6-2-1-4-19(22)15-33-13-3-5-20(16-33)26-32-31-25(34-26)18-7-8-23-21(14-18)24(30-29-23)17-9-11-28-12-10-17/h3,6-13,15,18,21H,4-5,14,16-17H2,1-2H3,(H,34,35)(H,33,36,37);1-3,5-6,8-11,15-16,23H,4,7,12-14,17-18H2,(H,30,31);4,6-12,14-15,18,21H,3,5,13,16-17H2,1-2H3,(H,30,31)(H,29,32,33);1-2,4,6-12,14,20H,3,5,13,15-16H2,(H,29,30)/t21-;;21-;/m1.1./s1. The molecule has 0 aliphatic carbocycles. The molecule has 15 heterocycles. The monoisotopic (exact) mass is 1970 g/mol. The van der Waals surface area contributed by atoms with Crippen molar-refractivity contribution in [2.75, 3.05) is 59.0 Å². The molecule has 32 heteroatoms. The first kappa shape index (κ1) is 94.9. The van der Waals surface area contributed by atoms with E-state index in [0.29, 0.717) is 53.3 Å². The molecule has 27 nitrogen and oxygen atoms in total. The summed E-state index contributed by atoms with van der Waals surface area (Å²) in [6.07, 6.45) is 13.0. The van der Waals surface area contributed by atoms with Gasteiger partial charge in [0.2, 0.25) is 23.6 Å². The van der Waals surface area contributed by atoms with Crippen LogP contribution in [0.15, 0.2) is 268 Å². The van der Waals surface area contributed by atoms with Crippen LogP contribution in [0.2, 0.25) is 0 Å². The molecule has 4 atom stereocenters. The number of nitrogens with zero attached hydrogens (tertiary/aromatic N) is 17. The highest BCUT2D eigenvalue weighted by Crippen LogP contribution is 2.42. The fourth-order valence-corrected chi connectivity index (χ4v) is 21.9. The van der Waals surface area contributed by atoms with Crippen LogP contribution in [0.25, 0.3) is 134 Å². The zero-order chi connectivity index (χ0) is 98.2. The fraction of sp³-hybridized carbons (Fsp3) is 0.283. The van der Waals surface area contributed by atoms with Crippen molar-refractivity contribution in [2.45, 2.75) is 152 Å². The third-order valence-corrected chi connectivity index (χ3v) is 29.4. The molecule has 734 valence electrons. The Morgan fingerprint density at radius 1 is 0.414 bits per heavy atom. The van der Waals surface area contributed by atoms with E-state index >= 15 is 0 Å². The Morgan fingerprint density at radius 2 is 0.876 bits per heavy atom. The van der Waals surface area contributed by atoms with Crippen molar-refractivity contribution < 1.29 is 31.5 Å². The smallest absolute Gasteiger partial charge is 0.247 e. The zero-order valence-corrected chi connectivity index (χ0v) is 82.6. The van der Waals surface area contributed by atoms with Crippen molar-refractivity contribution in [3.05, 3.63) is 322 Å². The predicted molar refractivity (Wildman–Crippen MR) is 560 cm³/mol. The number of aromatic amines is 6. The summed E-state index contributed by atoms with van der Waals surface area (Å²) >= 11 is 3.67. The van der Waals surface area contributed by atoms with Gasteiger partial charge in [0.1, 0.15) is 46.3 Å². The number of halogens is 3. The Morgan fingerprint density at radius 3 is 1.41 bits per heavy atom. The van der Waals surface area contributed by atoms with Gasteiger partial charge in [-0.2, -0.15) is 30.6 Å². The highest BCUT2D eigenvalue weighted by Gasteiger charge is 2.33. The summed E-state index contributed by atoms with van der Waals surface area (Å²) in [5.74, 6) is 7.10. The molecule has 2 unspecified atom stereocenters. The Bertz CT molecular complexity index is 7790. The second-order valence-electron chi connectivity index (χ2n) is 38.5. The largest absolute Gasteiger partial charge is 0.493 e. The van der Waals surface area contributed by atoms with E-state index in [9.17, 15) is 13.2 Å². The highest BCUT2D eigenvalue weighted by molar-refractivity contribution is 7.99. The van der Waals surface area contributed by atoms with Crippen LogP contribution in [0.4, 0.5) is 13.2 Å². The van der Waals surface area contributed by atoms with E-state index in [0.717, 1.165) is 263 Å². The Hall–Kier alpha value is -14.9. The van der Waals surface area contributed by atoms with E-state index < -0.39 is 11.6 Å². The van der Waals surface area contributed by atoms with Gasteiger partial charge in [-0.25, -0.2) is 23.1 Å². The number of H-pyrrole nitrogens is 6. The van der Waals surface area contributed by atoms with E-state index in [1.165, 1.54) is 51.6 Å². The van der Waals surface area contributed by atoms with Gasteiger partial charge >= 0.3 is 0 Å². The van der Waals surface area contributed by atoms with Crippen molar-refractivity contribution in [3.63, 3.8) is 0 Å². The molecule has 20 aromatic rings. The third kappa shape index (κ3) is 22.0. The minimum Gasteiger partial charge on any atom is -0.493 e. The Labute approximate surface area is 844 Å². The first-order valence-electron chi connectivity index (χ1n) is 49.9. The minimum absolute atomic E-state index is 0.116. The molecule has 145 heavy (non-hydrogen) atoms. The molecule has 0 spiro atoms. The minimum atomic E-state index is -0.501. The number of nitrogens with one attached hydrogen (secondary N) is 6. The number of ether oxygens (including phenoxy) is 2. The van der Waals surface area contributed by atoms with Gasteiger partial charge < -0.3 is 18.3 Å². The van der Waals surface area contributed by atoms with Crippen LogP contribution in [0.3, 0.4) is 0 Å². The van der Waals surface area contributed by atoms with Crippen molar-refractivity contribution in [3.8, 4) is 102 Å². The molecule has 4 fully saturated rings. The first-order valence-corrected chi connectivity index (χ1v) is 51.7. The quantitative estimate of drug-likeness (QED) is 0.0306. The van der Waals surface area contributed by atoms with E-state index in [1.54, 1.807) is 18.5 Å². The van der Waals surface area contributed by atoms with E-state index in [-0.39, 0.29) is 41.8 Å². The fourth-order valence-electron chi connectivity index (χ4n) is 20.3. The molecule has 0 bridgehead atoms. The number of pyridine rings is 1. The normalized spacial score (nSPS) is 16.9. The van der Waals surface area contributed by atoms with Gasteiger partial charge in [0, 0.05) is 175 Å². The Kier molecular flexibility index (Phi) is 28.4. The molecule has 6 N–H and O–H groups in total. The number of likely N-dealkylation sites (tertiary alicyclic amines) is 4. The second kappa shape index (κ2) is 43.3. The lowest BCUT2D eigenvalue weighted by Gasteiger charge is -2.31. The van der Waals surface area contributed by atoms with Gasteiger partial charge in [-0.15, -0.1) is 43.5 Å². The number of hydrogen-bond acceptors (Lipinski definition) is 23. The summed E-state index contributed by atoms with van der Waals surface area (Å²) < 4.78 is 66.3. The number of hydrogen-bond donors (Lipinski definition) is 6. The molecule has 0 saturated carbocycles. The molecule has 0 radical (unpaired) electrons. The molecule has 10 aromatic heterocycles. The van der Waals surface area contributed by atoms with Gasteiger partial charge in [0.05, 0.1) is 63.7 Å². The lowest BCUT2D eigenvalue weighted by molar-refractivity contribution is 0.184. The summed E-state index contributed by atoms with van der Waals surface area (Å²) in [6, 6.07) is 77.1. The maximum Gasteiger partial charge on any atom is 0.247 e. The lowest BCUT2D eigenvalue weighted by Crippen LogP contribution is -2.34. The molecule has 5 aliphatic heterocycles. The molecule has 5 aliphatic rings. The third-order valence-electron chi connectivity index (χ3n) is 27.6. The van der Waals surface area contributed by atoms with Crippen molar-refractivity contribution in [2.24, 2.45) is 0 Å². The topological polar surface area (TPSA) is 320 Å². The maximum atomic E-state index is 14.2. The molecule has 4 saturated heterocycles. The Balaban J connectivity index is 0.000000110. The van der Waals surface area contributed by atoms with Gasteiger partial charge in [-0.05, 0) is 272 Å². The lowest BCUT2D eigenvalue weighted by atomic mass is 9.97. The number of benzene rings is 10. The molecule has 0 amide bonds. The van der Waals surface area contributed by atoms with Gasteiger partial charge in [0.15, 0.2) is 11.6 Å². The average Bonchev–Trinajstić information content (AvgIpc) is 1.64. The number of aromatic nitrogens is 19. The van der Waals surface area contributed by atoms with Crippen LogP contribution in [0, 0.1) is 17.5 Å². The van der Waals surface area contributed by atoms with E-state index in [2.05, 4.69) is 247 Å². The molecule has 25 rings (SSSR count). The van der Waals surface area contributed by atoms with Crippen molar-refractivity contribution in [1.82, 2.24) is 116 Å². The van der Waals surface area contributed by atoms with Crippen LogP contribution in [-0.4, -0.2) is 186 Å². The predicted octanol–water partition coefficient (Wildman–Crippen LogP) is 24.2. The maximum absolute atomic E-state index is 14.2. The van der Waals surface area contributed by atoms with Crippen LogP contribution >= 0.6 is 23.1 Å². The summed E-state index contributed by atoms with van der Waals surface area (Å²) in [5, 5.41) is 70.7. The SMILES string of the molecule is CC(C)Oc1ccc(-c2n[nH]c3ccc(-c4n[nH]c([C@@H]5CCCN(Cc6cccs6)C5)n4)cc23)cc1.CC(C)Sc1ccc(-c2n[nH]c3ccc(-c4n[nH]c([C@@H]5CCCN(Cc6c(F)cccc6F)C5)n4)cc23)cc1.Fc1ccccc1CN1CCCC(c2nnc(-c3ccc4[nH]nc(-c5ccncc5)c4c3)o2)C1.c1ccc(CN2CCCC(c3nnc(-c4ccc5[nH]nc(-c6ccc7c(c6)CCO7)c5c4)o3)C2)cc1. The summed E-state index contributed by atoms with van der Waals surface area (Å²) in [4.78, 5) is 25.9. The zero-order valence-electron chi connectivity index (χ0n) is 81.0. The van der Waals surface area contributed by atoms with Crippen LogP contribution < -0.4 is 9.47 Å². The van der Waals surface area contributed by atoms with E-state index in [4.69, 9.17) is 28.3 Å². The van der Waals surface area contributed by atoms with Crippen LogP contribution in [0.5, 0.6) is 11.5 Å². The summed E-state index contributed by atoms with van der Waals surface area (Å²) in [5.41, 5.74) is 18.7.